The first kappa shape index (κ1) is 48.1. The number of nitrogens with zero attached hydrogens (tertiary/aromatic N) is 4. The van der Waals surface area contributed by atoms with Gasteiger partial charge in [-0.1, -0.05) is 23.7 Å². The number of nitrogens with one attached hydrogen (secondary N) is 1. The van der Waals surface area contributed by atoms with Gasteiger partial charge < -0.3 is 24.3 Å². The monoisotopic (exact) mass is 903 g/mol. The highest BCUT2D eigenvalue weighted by molar-refractivity contribution is 7.86. The van der Waals surface area contributed by atoms with Crippen molar-refractivity contribution in [3.63, 3.8) is 0 Å². The molecule has 0 amide bonds. The Bertz CT molecular complexity index is 2370. The molecule has 4 aromatic rings. The largest absolute Gasteiger partial charge is 0.494 e. The summed E-state index contributed by atoms with van der Waals surface area (Å²) < 4.78 is 82.6. The van der Waals surface area contributed by atoms with Crippen molar-refractivity contribution >= 4 is 32.2 Å². The van der Waals surface area contributed by atoms with Crippen molar-refractivity contribution in [2.45, 2.75) is 25.9 Å². The molecule has 1 saturated heterocycles. The van der Waals surface area contributed by atoms with E-state index >= 15 is 0 Å². The quantitative estimate of drug-likeness (QED) is 0.0636. The lowest BCUT2D eigenvalue weighted by molar-refractivity contribution is 0.0584. The standard InChI is InChI=1S/C44H49N5O12S2/c1-58-43(50)41-29-35(7-5-33-9-13-39(14-10-33)60-23-3-25-62(52,53)54)27-37(46-41)31-48-19-17-45-18-20-49(22-21-48)32-38-28-36(30-42(47-38)44(51)59-2)8-6-34-11-15-40(16-12-34)61-24-4-26-63(55,56)57/h9-16,27-30,45H,3-4,17-26,31-32H2,1-2H3,(H,52,53,54)(H,55,56,57). The van der Waals surface area contributed by atoms with E-state index < -0.39 is 32.2 Å². The minimum absolute atomic E-state index is 0.122. The van der Waals surface area contributed by atoms with Crippen LogP contribution in [0.15, 0.2) is 72.8 Å². The van der Waals surface area contributed by atoms with Crippen LogP contribution in [0.5, 0.6) is 11.5 Å². The minimum Gasteiger partial charge on any atom is -0.494 e. The van der Waals surface area contributed by atoms with Crippen LogP contribution in [-0.2, 0) is 42.8 Å². The third-order valence-corrected chi connectivity index (χ3v) is 10.9. The van der Waals surface area contributed by atoms with Gasteiger partial charge in [-0.15, -0.1) is 0 Å². The molecule has 17 nitrogen and oxygen atoms in total. The molecule has 63 heavy (non-hydrogen) atoms. The van der Waals surface area contributed by atoms with Gasteiger partial charge in [0.25, 0.3) is 20.2 Å². The van der Waals surface area contributed by atoms with Crippen LogP contribution in [0.3, 0.4) is 0 Å². The minimum atomic E-state index is -4.05. The maximum atomic E-state index is 12.7. The lowest BCUT2D eigenvalue weighted by Gasteiger charge is -2.25. The van der Waals surface area contributed by atoms with E-state index in [2.05, 4.69) is 48.8 Å². The van der Waals surface area contributed by atoms with E-state index in [4.69, 9.17) is 28.1 Å². The molecular formula is C44H49N5O12S2. The van der Waals surface area contributed by atoms with Crippen LogP contribution in [0.25, 0.3) is 0 Å². The summed E-state index contributed by atoms with van der Waals surface area (Å²) in [4.78, 5) is 39.0. The molecule has 0 radical (unpaired) electrons. The van der Waals surface area contributed by atoms with Crippen LogP contribution in [-0.4, -0.2) is 136 Å². The van der Waals surface area contributed by atoms with Gasteiger partial charge in [0.05, 0.1) is 50.3 Å². The van der Waals surface area contributed by atoms with Crippen molar-refractivity contribution in [2.24, 2.45) is 0 Å². The van der Waals surface area contributed by atoms with Gasteiger partial charge in [-0.05, 0) is 85.6 Å². The van der Waals surface area contributed by atoms with Crippen LogP contribution >= 0.6 is 0 Å². The fourth-order valence-corrected chi connectivity index (χ4v) is 7.17. The molecule has 0 bridgehead atoms. The number of ether oxygens (including phenoxy) is 4. The number of benzene rings is 2. The molecule has 0 unspecified atom stereocenters. The Morgan fingerprint density at radius 1 is 0.603 bits per heavy atom. The number of rotatable bonds is 16. The predicted octanol–water partition coefficient (Wildman–Crippen LogP) is 3.07. The zero-order valence-electron chi connectivity index (χ0n) is 34.9. The molecule has 3 N–H and O–H groups in total. The Labute approximate surface area is 367 Å². The third-order valence-electron chi connectivity index (χ3n) is 9.30. The van der Waals surface area contributed by atoms with Gasteiger partial charge in [-0.3, -0.25) is 18.9 Å². The van der Waals surface area contributed by atoms with Gasteiger partial charge >= 0.3 is 11.9 Å². The number of pyridine rings is 2. The van der Waals surface area contributed by atoms with Gasteiger partial charge in [-0.25, -0.2) is 19.6 Å². The Kier molecular flexibility index (Phi) is 18.0. The molecule has 5 rings (SSSR count). The number of hydrogen-bond donors (Lipinski definition) is 3. The second-order valence-corrected chi connectivity index (χ2v) is 17.4. The Morgan fingerprint density at radius 3 is 1.35 bits per heavy atom. The number of aromatic nitrogens is 2. The molecule has 1 aliphatic rings. The van der Waals surface area contributed by atoms with E-state index in [9.17, 15) is 26.4 Å². The van der Waals surface area contributed by atoms with Gasteiger partial charge in [0.15, 0.2) is 0 Å². The van der Waals surface area contributed by atoms with E-state index in [0.29, 0.717) is 97.5 Å². The summed E-state index contributed by atoms with van der Waals surface area (Å²) in [6.45, 7) is 5.25. The van der Waals surface area contributed by atoms with Gasteiger partial charge in [0, 0.05) is 74.6 Å². The Morgan fingerprint density at radius 2 is 0.984 bits per heavy atom. The van der Waals surface area contributed by atoms with Crippen molar-refractivity contribution in [3.05, 3.63) is 118 Å². The SMILES string of the molecule is COC(=O)c1cc(C#Cc2ccc(OCCCS(=O)(=O)O)cc2)cc(CN2CCNCCN(Cc3cc(C#Cc4ccc(OCCCS(=O)(=O)O)cc4)cc(C(=O)OC)n3)CC2)n1. The van der Waals surface area contributed by atoms with E-state index in [1.165, 1.54) is 14.2 Å². The fourth-order valence-electron chi connectivity index (χ4n) is 6.20. The molecule has 334 valence electrons. The second-order valence-electron chi connectivity index (χ2n) is 14.3. The van der Waals surface area contributed by atoms with Crippen LogP contribution < -0.4 is 14.8 Å². The molecule has 3 heterocycles. The molecule has 1 fully saturated rings. The highest BCUT2D eigenvalue weighted by atomic mass is 32.2. The summed E-state index contributed by atoms with van der Waals surface area (Å²) >= 11 is 0. The zero-order chi connectivity index (χ0) is 45.2. The van der Waals surface area contributed by atoms with Gasteiger partial charge in [0.2, 0.25) is 0 Å². The van der Waals surface area contributed by atoms with E-state index in [1.54, 1.807) is 60.7 Å². The van der Waals surface area contributed by atoms with Crippen molar-refractivity contribution in [2.75, 3.05) is 78.2 Å². The number of hydrogen-bond acceptors (Lipinski definition) is 15. The molecule has 0 spiro atoms. The highest BCUT2D eigenvalue weighted by Gasteiger charge is 2.18. The van der Waals surface area contributed by atoms with E-state index in [0.717, 1.165) is 0 Å². The lowest BCUT2D eigenvalue weighted by Crippen LogP contribution is -2.36. The second kappa shape index (κ2) is 23.5. The topological polar surface area (TPSA) is 224 Å². The van der Waals surface area contributed by atoms with E-state index in [-0.39, 0.29) is 48.9 Å². The highest BCUT2D eigenvalue weighted by Crippen LogP contribution is 2.16. The van der Waals surface area contributed by atoms with Crippen LogP contribution in [0.1, 0.15) is 67.5 Å². The Balaban J connectivity index is 1.25. The lowest BCUT2D eigenvalue weighted by atomic mass is 10.1. The van der Waals surface area contributed by atoms with Crippen LogP contribution in [0.4, 0.5) is 0 Å². The Hall–Kier alpha value is -5.90. The fraction of sp³-hybridized carbons (Fsp3) is 0.364. The van der Waals surface area contributed by atoms with Crippen molar-refractivity contribution in [1.82, 2.24) is 25.1 Å². The summed E-state index contributed by atoms with van der Waals surface area (Å²) in [6, 6.07) is 20.7. The zero-order valence-corrected chi connectivity index (χ0v) is 36.5. The number of carbonyl (C=O) groups excluding carboxylic acids is 2. The van der Waals surface area contributed by atoms with Crippen LogP contribution in [0, 0.1) is 23.7 Å². The number of methoxy groups -OCH3 is 2. The van der Waals surface area contributed by atoms with Crippen molar-refractivity contribution in [3.8, 4) is 35.2 Å². The summed E-state index contributed by atoms with van der Waals surface area (Å²) in [5.74, 6) is 11.5. The summed E-state index contributed by atoms with van der Waals surface area (Å²) in [6.07, 6.45) is 0.295. The van der Waals surface area contributed by atoms with Crippen molar-refractivity contribution in [1.29, 1.82) is 0 Å². The van der Waals surface area contributed by atoms with Gasteiger partial charge in [0.1, 0.15) is 22.9 Å². The summed E-state index contributed by atoms with van der Waals surface area (Å²) in [5.41, 5.74) is 4.04. The average Bonchev–Trinajstić information content (AvgIpc) is 3.36. The van der Waals surface area contributed by atoms with E-state index in [1.807, 2.05) is 12.1 Å². The number of esters is 2. The third kappa shape index (κ3) is 17.4. The first-order valence-corrected chi connectivity index (χ1v) is 23.1. The van der Waals surface area contributed by atoms with Crippen LogP contribution in [0.2, 0.25) is 0 Å². The van der Waals surface area contributed by atoms with Gasteiger partial charge in [-0.2, -0.15) is 16.8 Å². The number of carbonyl (C=O) groups is 2. The smallest absolute Gasteiger partial charge is 0.356 e. The molecular weight excluding hydrogens is 855 g/mol. The van der Waals surface area contributed by atoms with Crippen molar-refractivity contribution < 1.29 is 54.5 Å². The maximum absolute atomic E-state index is 12.7. The normalized spacial score (nSPS) is 13.8. The molecule has 19 heteroatoms. The molecule has 0 atom stereocenters. The summed E-state index contributed by atoms with van der Waals surface area (Å²) in [5, 5.41) is 3.48. The first-order chi connectivity index (χ1) is 30.1. The molecule has 2 aromatic heterocycles. The molecule has 0 aliphatic carbocycles. The predicted molar refractivity (Wildman–Crippen MR) is 232 cm³/mol. The molecule has 2 aromatic carbocycles. The average molecular weight is 904 g/mol. The summed E-state index contributed by atoms with van der Waals surface area (Å²) in [7, 11) is -5.51. The molecule has 0 saturated carbocycles. The maximum Gasteiger partial charge on any atom is 0.356 e. The molecule has 1 aliphatic heterocycles. The first-order valence-electron chi connectivity index (χ1n) is 19.9.